The molecule has 90 valence electrons. The monoisotopic (exact) mass is 233 g/mol. The van der Waals surface area contributed by atoms with E-state index in [9.17, 15) is 4.79 Å². The molecule has 0 aromatic carbocycles. The number of aryl methyl sites for hydroxylation is 2. The zero-order valence-electron chi connectivity index (χ0n) is 9.95. The summed E-state index contributed by atoms with van der Waals surface area (Å²) in [6, 6.07) is 0.458. The molecule has 2 aromatic rings. The van der Waals surface area contributed by atoms with Crippen molar-refractivity contribution in [1.82, 2.24) is 19.6 Å². The molecule has 2 N–H and O–H groups in total. The molecule has 0 bridgehead atoms. The van der Waals surface area contributed by atoms with Crippen LogP contribution in [0.25, 0.3) is 5.65 Å². The molecule has 1 aliphatic rings. The lowest BCUT2D eigenvalue weighted by Gasteiger charge is -2.10. The van der Waals surface area contributed by atoms with Crippen molar-refractivity contribution in [3.8, 4) is 0 Å². The molecular formula is C11H15N5O. The second kappa shape index (κ2) is 3.58. The fraction of sp³-hybridized carbons (Fsp3) is 0.545. The minimum Gasteiger partial charge on any atom is -0.352 e. The highest BCUT2D eigenvalue weighted by Gasteiger charge is 2.24. The number of nitrogens with zero attached hydrogens (tertiary/aromatic N) is 3. The summed E-state index contributed by atoms with van der Waals surface area (Å²) in [6.45, 7) is 4.00. The zero-order valence-corrected chi connectivity index (χ0v) is 9.95. The Balaban J connectivity index is 2.26. The Kier molecular flexibility index (Phi) is 2.17. The Morgan fingerprint density at radius 3 is 2.94 bits per heavy atom. The third-order valence-electron chi connectivity index (χ3n) is 3.14. The number of rotatable bonds is 3. The first-order valence-electron chi connectivity index (χ1n) is 5.94. The maximum absolute atomic E-state index is 11.7. The summed E-state index contributed by atoms with van der Waals surface area (Å²) in [5.41, 5.74) is 2.39. The molecule has 2 heterocycles. The van der Waals surface area contributed by atoms with Crippen molar-refractivity contribution in [3.05, 3.63) is 21.7 Å². The number of aromatic amines is 1. The summed E-state index contributed by atoms with van der Waals surface area (Å²) < 4.78 is 1.52. The summed E-state index contributed by atoms with van der Waals surface area (Å²) in [7, 11) is 0. The van der Waals surface area contributed by atoms with Gasteiger partial charge in [0.1, 0.15) is 0 Å². The molecular weight excluding hydrogens is 218 g/mol. The average Bonchev–Trinajstić information content (AvgIpc) is 3.04. The highest BCUT2D eigenvalue weighted by Crippen LogP contribution is 2.24. The van der Waals surface area contributed by atoms with Crippen LogP contribution in [0.15, 0.2) is 4.79 Å². The summed E-state index contributed by atoms with van der Waals surface area (Å²) >= 11 is 0. The van der Waals surface area contributed by atoms with Gasteiger partial charge in [-0.3, -0.25) is 0 Å². The Morgan fingerprint density at radius 1 is 1.53 bits per heavy atom. The lowest BCUT2D eigenvalue weighted by molar-refractivity contribution is 0.918. The second-order valence-electron chi connectivity index (χ2n) is 4.47. The van der Waals surface area contributed by atoms with Crippen LogP contribution in [0.2, 0.25) is 0 Å². The fourth-order valence-electron chi connectivity index (χ4n) is 1.99. The SMILES string of the molecule is CCc1nc(NC2CC2)n2c(=O)[nH]nc2c1C. The summed E-state index contributed by atoms with van der Waals surface area (Å²) in [4.78, 5) is 16.2. The van der Waals surface area contributed by atoms with Crippen molar-refractivity contribution in [2.75, 3.05) is 5.32 Å². The normalized spacial score (nSPS) is 15.4. The van der Waals surface area contributed by atoms with Crippen LogP contribution in [-0.2, 0) is 6.42 Å². The molecule has 0 saturated heterocycles. The van der Waals surface area contributed by atoms with Gasteiger partial charge in [-0.25, -0.2) is 19.3 Å². The van der Waals surface area contributed by atoms with Crippen molar-refractivity contribution in [2.24, 2.45) is 0 Å². The van der Waals surface area contributed by atoms with Crippen molar-refractivity contribution < 1.29 is 0 Å². The van der Waals surface area contributed by atoms with Gasteiger partial charge in [0.25, 0.3) is 0 Å². The number of nitrogens with one attached hydrogen (secondary N) is 2. The van der Waals surface area contributed by atoms with Crippen LogP contribution in [0.4, 0.5) is 5.95 Å². The summed E-state index contributed by atoms with van der Waals surface area (Å²) in [5.74, 6) is 0.615. The van der Waals surface area contributed by atoms with Gasteiger partial charge >= 0.3 is 5.69 Å². The second-order valence-corrected chi connectivity index (χ2v) is 4.47. The molecule has 6 nitrogen and oxygen atoms in total. The first kappa shape index (κ1) is 10.3. The van der Waals surface area contributed by atoms with Gasteiger partial charge in [0.05, 0.1) is 5.69 Å². The molecule has 0 radical (unpaired) electrons. The maximum atomic E-state index is 11.7. The Hall–Kier alpha value is -1.85. The molecule has 0 spiro atoms. The van der Waals surface area contributed by atoms with Gasteiger partial charge in [0, 0.05) is 11.6 Å². The van der Waals surface area contributed by atoms with Crippen molar-refractivity contribution in [3.63, 3.8) is 0 Å². The molecule has 0 amide bonds. The summed E-state index contributed by atoms with van der Waals surface area (Å²) in [5, 5.41) is 9.82. The molecule has 0 unspecified atom stereocenters. The minimum absolute atomic E-state index is 0.235. The quantitative estimate of drug-likeness (QED) is 0.824. The van der Waals surface area contributed by atoms with Crippen LogP contribution in [0.1, 0.15) is 31.0 Å². The van der Waals surface area contributed by atoms with Crippen LogP contribution in [0.3, 0.4) is 0 Å². The van der Waals surface area contributed by atoms with Gasteiger partial charge in [-0.15, -0.1) is 0 Å². The molecule has 0 atom stereocenters. The van der Waals surface area contributed by atoms with E-state index >= 15 is 0 Å². The maximum Gasteiger partial charge on any atom is 0.350 e. The minimum atomic E-state index is -0.235. The molecule has 0 aliphatic heterocycles. The number of aromatic nitrogens is 4. The van der Waals surface area contributed by atoms with Crippen LogP contribution in [-0.4, -0.2) is 25.6 Å². The highest BCUT2D eigenvalue weighted by atomic mass is 16.1. The van der Waals surface area contributed by atoms with Gasteiger partial charge in [0.2, 0.25) is 5.95 Å². The van der Waals surface area contributed by atoms with E-state index in [1.54, 1.807) is 0 Å². The van der Waals surface area contributed by atoms with E-state index in [0.717, 1.165) is 30.5 Å². The third kappa shape index (κ3) is 1.60. The van der Waals surface area contributed by atoms with E-state index in [2.05, 4.69) is 27.4 Å². The molecule has 6 heteroatoms. The topological polar surface area (TPSA) is 75.1 Å². The van der Waals surface area contributed by atoms with Gasteiger partial charge < -0.3 is 5.32 Å². The first-order chi connectivity index (χ1) is 8.20. The van der Waals surface area contributed by atoms with Crippen molar-refractivity contribution in [2.45, 2.75) is 39.2 Å². The standard InChI is InChI=1S/C11H15N5O/c1-3-8-6(2)9-14-15-11(17)16(9)10(13-8)12-7-4-5-7/h7H,3-5H2,1-2H3,(H,12,13)(H,15,17). The number of hydrogen-bond acceptors (Lipinski definition) is 4. The lowest BCUT2D eigenvalue weighted by atomic mass is 10.2. The van der Waals surface area contributed by atoms with Gasteiger partial charge in [-0.2, -0.15) is 5.10 Å². The molecule has 3 rings (SSSR count). The predicted molar refractivity (Wildman–Crippen MR) is 64.4 cm³/mol. The van der Waals surface area contributed by atoms with E-state index in [4.69, 9.17) is 0 Å². The van der Waals surface area contributed by atoms with E-state index in [1.807, 2.05) is 6.92 Å². The predicted octanol–water partition coefficient (Wildman–Crippen LogP) is 0.863. The molecule has 1 aliphatic carbocycles. The van der Waals surface area contributed by atoms with Gasteiger partial charge in [-0.1, -0.05) is 6.92 Å². The number of H-pyrrole nitrogens is 1. The highest BCUT2D eigenvalue weighted by molar-refractivity contribution is 5.53. The van der Waals surface area contributed by atoms with Crippen LogP contribution < -0.4 is 11.0 Å². The first-order valence-corrected chi connectivity index (χ1v) is 5.94. The third-order valence-corrected chi connectivity index (χ3v) is 3.14. The molecule has 17 heavy (non-hydrogen) atoms. The van der Waals surface area contributed by atoms with Gasteiger partial charge in [0.15, 0.2) is 5.65 Å². The number of fused-ring (bicyclic) bond motifs is 1. The largest absolute Gasteiger partial charge is 0.352 e. The van der Waals surface area contributed by atoms with Crippen LogP contribution >= 0.6 is 0 Å². The lowest BCUT2D eigenvalue weighted by Crippen LogP contribution is -2.18. The van der Waals surface area contributed by atoms with E-state index in [1.165, 1.54) is 4.40 Å². The Morgan fingerprint density at radius 2 is 2.29 bits per heavy atom. The fourth-order valence-corrected chi connectivity index (χ4v) is 1.99. The molecule has 2 aromatic heterocycles. The molecule has 1 fully saturated rings. The Labute approximate surface area is 98.1 Å². The van der Waals surface area contributed by atoms with Crippen LogP contribution in [0, 0.1) is 6.92 Å². The molecule has 1 saturated carbocycles. The van der Waals surface area contributed by atoms with Crippen molar-refractivity contribution in [1.29, 1.82) is 0 Å². The van der Waals surface area contributed by atoms with Crippen molar-refractivity contribution >= 4 is 11.6 Å². The smallest absolute Gasteiger partial charge is 0.350 e. The van der Waals surface area contributed by atoms with Crippen LogP contribution in [0.5, 0.6) is 0 Å². The number of anilines is 1. The average molecular weight is 233 g/mol. The van der Waals surface area contributed by atoms with Gasteiger partial charge in [-0.05, 0) is 26.2 Å². The number of hydrogen-bond donors (Lipinski definition) is 2. The summed E-state index contributed by atoms with van der Waals surface area (Å²) in [6.07, 6.45) is 3.12. The Bertz CT molecular complexity index is 623. The van der Waals surface area contributed by atoms with E-state index in [0.29, 0.717) is 17.6 Å². The van der Waals surface area contributed by atoms with E-state index in [-0.39, 0.29) is 5.69 Å². The van der Waals surface area contributed by atoms with E-state index < -0.39 is 0 Å². The zero-order chi connectivity index (χ0) is 12.0.